The maximum Gasteiger partial charge on any atom is 0.335 e. The largest absolute Gasteiger partial charge is 0.488 e. The van der Waals surface area contributed by atoms with Gasteiger partial charge in [-0.3, -0.25) is 10.1 Å². The summed E-state index contributed by atoms with van der Waals surface area (Å²) in [7, 11) is 0. The minimum absolute atomic E-state index is 0.0875. The molecule has 0 unspecified atom stereocenters. The molecule has 0 fully saturated rings. The predicted molar refractivity (Wildman–Crippen MR) is 118 cm³/mol. The van der Waals surface area contributed by atoms with Crippen LogP contribution in [-0.4, -0.2) is 16.0 Å². The molecule has 154 valence electrons. The van der Waals surface area contributed by atoms with E-state index >= 15 is 0 Å². The van der Waals surface area contributed by atoms with Crippen LogP contribution in [0.25, 0.3) is 11.6 Å². The van der Waals surface area contributed by atoms with Gasteiger partial charge in [-0.25, -0.2) is 4.79 Å². The number of hydrogen-bond donors (Lipinski definition) is 1. The molecule has 0 radical (unpaired) electrons. The lowest BCUT2D eigenvalue weighted by molar-refractivity contribution is -0.384. The highest BCUT2D eigenvalue weighted by molar-refractivity contribution is 9.10. The minimum atomic E-state index is -1.00. The van der Waals surface area contributed by atoms with E-state index in [1.807, 2.05) is 0 Å². The van der Waals surface area contributed by atoms with Crippen LogP contribution in [0.2, 0.25) is 0 Å². The lowest BCUT2D eigenvalue weighted by atomic mass is 10.0. The zero-order valence-electron chi connectivity index (χ0n) is 16.0. The number of carboxylic acids is 1. The third kappa shape index (κ3) is 5.56. The first-order chi connectivity index (χ1) is 14.9. The second-order valence-electron chi connectivity index (χ2n) is 6.46. The van der Waals surface area contributed by atoms with Crippen LogP contribution in [0.1, 0.15) is 27.0 Å². The van der Waals surface area contributed by atoms with Gasteiger partial charge in [-0.15, -0.1) is 0 Å². The molecule has 31 heavy (non-hydrogen) atoms. The van der Waals surface area contributed by atoms with E-state index in [0.717, 1.165) is 0 Å². The second-order valence-corrected chi connectivity index (χ2v) is 7.32. The average Bonchev–Trinajstić information content (AvgIpc) is 2.77. The molecule has 0 bridgehead atoms. The molecule has 3 rings (SSSR count). The van der Waals surface area contributed by atoms with Crippen molar-refractivity contribution in [1.29, 1.82) is 5.26 Å². The van der Waals surface area contributed by atoms with Gasteiger partial charge in [-0.2, -0.15) is 5.26 Å². The van der Waals surface area contributed by atoms with Gasteiger partial charge in [-0.1, -0.05) is 30.3 Å². The molecule has 0 aliphatic carbocycles. The van der Waals surface area contributed by atoms with Crippen LogP contribution in [0.15, 0.2) is 71.2 Å². The van der Waals surface area contributed by atoms with Crippen molar-refractivity contribution in [1.82, 2.24) is 0 Å². The molecule has 0 aliphatic rings. The molecule has 0 aliphatic heterocycles. The topological polar surface area (TPSA) is 113 Å². The van der Waals surface area contributed by atoms with Gasteiger partial charge in [0, 0.05) is 12.1 Å². The summed E-state index contributed by atoms with van der Waals surface area (Å²) in [6, 6.07) is 19.7. The number of aromatic carboxylic acids is 1. The molecule has 0 atom stereocenters. The Morgan fingerprint density at radius 1 is 1.13 bits per heavy atom. The molecule has 8 heteroatoms. The fourth-order valence-electron chi connectivity index (χ4n) is 2.81. The third-order valence-corrected chi connectivity index (χ3v) is 4.94. The fraction of sp³-hybridized carbons (Fsp3) is 0.0435. The number of nitriles is 1. The smallest absolute Gasteiger partial charge is 0.335 e. The zero-order valence-corrected chi connectivity index (χ0v) is 17.6. The molecule has 0 amide bonds. The normalized spacial score (nSPS) is 10.9. The van der Waals surface area contributed by atoms with Crippen LogP contribution in [-0.2, 0) is 6.61 Å². The predicted octanol–water partition coefficient (Wildman–Crippen LogP) is 5.70. The molecule has 7 nitrogen and oxygen atoms in total. The average molecular weight is 479 g/mol. The van der Waals surface area contributed by atoms with Crippen molar-refractivity contribution in [2.75, 3.05) is 0 Å². The lowest BCUT2D eigenvalue weighted by Crippen LogP contribution is -2.00. The van der Waals surface area contributed by atoms with Gasteiger partial charge in [0.1, 0.15) is 12.4 Å². The number of allylic oxidation sites excluding steroid dienone is 1. The van der Waals surface area contributed by atoms with Crippen LogP contribution in [0.5, 0.6) is 5.75 Å². The maximum atomic E-state index is 11.1. The highest BCUT2D eigenvalue weighted by Crippen LogP contribution is 2.29. The van der Waals surface area contributed by atoms with Gasteiger partial charge in [0.05, 0.1) is 26.6 Å². The SMILES string of the molecule is N#CC(=Cc1ccc(OCc2cccc(C(=O)O)c2)c(Br)c1)c1cccc([N+](=O)[O-])c1. The summed E-state index contributed by atoms with van der Waals surface area (Å²) in [5, 5.41) is 29.6. The van der Waals surface area contributed by atoms with Gasteiger partial charge in [0.2, 0.25) is 0 Å². The van der Waals surface area contributed by atoms with E-state index in [4.69, 9.17) is 9.84 Å². The van der Waals surface area contributed by atoms with Crippen molar-refractivity contribution in [2.24, 2.45) is 0 Å². The number of rotatable bonds is 7. The van der Waals surface area contributed by atoms with Crippen LogP contribution in [0.3, 0.4) is 0 Å². The van der Waals surface area contributed by atoms with Gasteiger partial charge in [0.25, 0.3) is 5.69 Å². The van der Waals surface area contributed by atoms with E-state index in [0.29, 0.717) is 26.9 Å². The van der Waals surface area contributed by atoms with Crippen molar-refractivity contribution in [3.8, 4) is 11.8 Å². The molecule has 0 aromatic heterocycles. The first kappa shape index (κ1) is 21.7. The first-order valence-corrected chi connectivity index (χ1v) is 9.78. The van der Waals surface area contributed by atoms with Crippen molar-refractivity contribution >= 4 is 39.2 Å². The van der Waals surface area contributed by atoms with E-state index in [2.05, 4.69) is 22.0 Å². The second kappa shape index (κ2) is 9.69. The number of nitrogens with zero attached hydrogens (tertiary/aromatic N) is 2. The number of carbonyl (C=O) groups is 1. The minimum Gasteiger partial charge on any atom is -0.488 e. The Labute approximate surface area is 186 Å². The van der Waals surface area contributed by atoms with E-state index in [-0.39, 0.29) is 23.4 Å². The number of benzene rings is 3. The molecule has 0 heterocycles. The molecule has 3 aromatic carbocycles. The molecule has 0 spiro atoms. The molecule has 0 saturated carbocycles. The van der Waals surface area contributed by atoms with E-state index in [9.17, 15) is 20.2 Å². The van der Waals surface area contributed by atoms with E-state index in [1.165, 1.54) is 24.3 Å². The summed E-state index contributed by atoms with van der Waals surface area (Å²) in [5.41, 5.74) is 2.26. The highest BCUT2D eigenvalue weighted by atomic mass is 79.9. The van der Waals surface area contributed by atoms with Crippen molar-refractivity contribution in [2.45, 2.75) is 6.61 Å². The van der Waals surface area contributed by atoms with Crippen LogP contribution in [0, 0.1) is 21.4 Å². The number of ether oxygens (including phenoxy) is 1. The van der Waals surface area contributed by atoms with Gasteiger partial charge in [0.15, 0.2) is 0 Å². The Hall–Kier alpha value is -3.96. The Morgan fingerprint density at radius 2 is 1.87 bits per heavy atom. The summed E-state index contributed by atoms with van der Waals surface area (Å²) in [6.45, 7) is 0.187. The van der Waals surface area contributed by atoms with Gasteiger partial charge < -0.3 is 9.84 Å². The monoisotopic (exact) mass is 478 g/mol. The van der Waals surface area contributed by atoms with Gasteiger partial charge >= 0.3 is 5.97 Å². The van der Waals surface area contributed by atoms with Gasteiger partial charge in [-0.05, 0) is 63.0 Å². The number of hydrogen-bond acceptors (Lipinski definition) is 5. The number of carboxylic acid groups (broad SMARTS) is 1. The number of nitro benzene ring substituents is 1. The Balaban J connectivity index is 1.79. The first-order valence-electron chi connectivity index (χ1n) is 8.98. The number of halogens is 1. The summed E-state index contributed by atoms with van der Waals surface area (Å²) >= 11 is 3.44. The van der Waals surface area contributed by atoms with Crippen LogP contribution < -0.4 is 4.74 Å². The Kier molecular flexibility index (Phi) is 6.80. The summed E-state index contributed by atoms with van der Waals surface area (Å²) in [6.07, 6.45) is 1.63. The van der Waals surface area contributed by atoms with Crippen molar-refractivity contribution < 1.29 is 19.6 Å². The highest BCUT2D eigenvalue weighted by Gasteiger charge is 2.10. The van der Waals surface area contributed by atoms with Crippen LogP contribution >= 0.6 is 15.9 Å². The standard InChI is InChI=1S/C23H15BrN2O5/c24-21-11-15(9-19(13-25)17-4-2-6-20(12-17)26(29)30)7-8-22(21)31-14-16-3-1-5-18(10-16)23(27)28/h1-12H,14H2,(H,27,28). The number of non-ortho nitro benzene ring substituents is 1. The van der Waals surface area contributed by atoms with E-state index < -0.39 is 10.9 Å². The fourth-order valence-corrected chi connectivity index (χ4v) is 3.32. The van der Waals surface area contributed by atoms with E-state index in [1.54, 1.807) is 48.5 Å². The molecule has 1 N–H and O–H groups in total. The zero-order chi connectivity index (χ0) is 22.4. The maximum absolute atomic E-state index is 11.1. The molecular formula is C23H15BrN2O5. The molecule has 0 saturated heterocycles. The number of nitro groups is 1. The third-order valence-electron chi connectivity index (χ3n) is 4.32. The summed E-state index contributed by atoms with van der Waals surface area (Å²) in [4.78, 5) is 21.5. The molecular weight excluding hydrogens is 464 g/mol. The summed E-state index contributed by atoms with van der Waals surface area (Å²) in [5.74, 6) is -0.456. The summed E-state index contributed by atoms with van der Waals surface area (Å²) < 4.78 is 6.42. The molecule has 3 aromatic rings. The van der Waals surface area contributed by atoms with Crippen molar-refractivity contribution in [3.05, 3.63) is 104 Å². The quantitative estimate of drug-likeness (QED) is 0.201. The van der Waals surface area contributed by atoms with Crippen molar-refractivity contribution in [3.63, 3.8) is 0 Å². The Bertz CT molecular complexity index is 1230. The van der Waals surface area contributed by atoms with Crippen LogP contribution in [0.4, 0.5) is 5.69 Å². The lowest BCUT2D eigenvalue weighted by Gasteiger charge is -2.10. The Morgan fingerprint density at radius 3 is 2.55 bits per heavy atom.